The molecule has 158 valence electrons. The van der Waals surface area contributed by atoms with Crippen LogP contribution in [0.15, 0.2) is 34.2 Å². The second kappa shape index (κ2) is 9.32. The summed E-state index contributed by atoms with van der Waals surface area (Å²) in [6.07, 6.45) is 5.64. The number of amides is 1. The maximum atomic E-state index is 12.6. The lowest BCUT2D eigenvalue weighted by Gasteiger charge is -2.22. The van der Waals surface area contributed by atoms with Gasteiger partial charge in [0.1, 0.15) is 10.4 Å². The quantitative estimate of drug-likeness (QED) is 0.326. The van der Waals surface area contributed by atoms with Gasteiger partial charge in [0.05, 0.1) is 18.6 Å². The lowest BCUT2D eigenvalue weighted by molar-refractivity contribution is -0.119. The summed E-state index contributed by atoms with van der Waals surface area (Å²) in [5.74, 6) is 0.854. The van der Waals surface area contributed by atoms with E-state index < -0.39 is 0 Å². The van der Waals surface area contributed by atoms with Gasteiger partial charge in [-0.25, -0.2) is 4.98 Å². The number of thioether (sulfide) groups is 1. The number of rotatable bonds is 6. The topological polar surface area (TPSA) is 89.0 Å². The summed E-state index contributed by atoms with van der Waals surface area (Å²) in [7, 11) is 1.60. The van der Waals surface area contributed by atoms with Crippen LogP contribution in [-0.4, -0.2) is 39.3 Å². The van der Waals surface area contributed by atoms with E-state index in [1.807, 2.05) is 24.3 Å². The van der Waals surface area contributed by atoms with E-state index in [0.29, 0.717) is 25.2 Å². The number of nitrogens with one attached hydrogen (secondary N) is 2. The molecule has 10 heteroatoms. The molecule has 2 heterocycles. The highest BCUT2D eigenvalue weighted by molar-refractivity contribution is 7.99. The van der Waals surface area contributed by atoms with Gasteiger partial charge < -0.3 is 15.0 Å². The molecule has 30 heavy (non-hydrogen) atoms. The summed E-state index contributed by atoms with van der Waals surface area (Å²) < 4.78 is 8.04. The van der Waals surface area contributed by atoms with Crippen molar-refractivity contribution in [3.63, 3.8) is 0 Å². The molecule has 1 aliphatic rings. The molecule has 0 spiro atoms. The Labute approximate surface area is 186 Å². The second-order valence-corrected chi connectivity index (χ2v) is 9.73. The number of ether oxygens (including phenoxy) is 1. The van der Waals surface area contributed by atoms with Gasteiger partial charge in [-0.2, -0.15) is 0 Å². The van der Waals surface area contributed by atoms with E-state index in [0.717, 1.165) is 31.4 Å². The molecule has 1 aliphatic carbocycles. The number of benzene rings is 1. The number of hydrogen-bond acceptors (Lipinski definition) is 7. The normalized spacial score (nSPS) is 14.7. The van der Waals surface area contributed by atoms with Gasteiger partial charge in [0.2, 0.25) is 5.91 Å². The number of fused-ring (bicyclic) bond motifs is 1. The molecule has 7 nitrogen and oxygen atoms in total. The first kappa shape index (κ1) is 21.1. The lowest BCUT2D eigenvalue weighted by Crippen LogP contribution is -2.37. The highest BCUT2D eigenvalue weighted by atomic mass is 32.2. The van der Waals surface area contributed by atoms with Crippen LogP contribution < -0.4 is 15.6 Å². The third-order valence-corrected chi connectivity index (χ3v) is 7.28. The number of carbonyl (C=O) groups is 1. The fourth-order valence-corrected chi connectivity index (χ4v) is 5.53. The minimum absolute atomic E-state index is 0.0374. The molecule has 0 saturated heterocycles. The number of H-pyrrole nitrogens is 1. The molecule has 2 N–H and O–H groups in total. The van der Waals surface area contributed by atoms with Crippen LogP contribution in [0, 0.1) is 3.95 Å². The molecule has 0 unspecified atom stereocenters. The maximum absolute atomic E-state index is 12.6. The SMILES string of the molecule is COc1cccc(-n2c(=S)sc3c(=O)[nH]c(SCC(=O)NC4CCCCC4)nc32)c1. The third-order valence-electron chi connectivity index (χ3n) is 5.04. The first-order valence-electron chi connectivity index (χ1n) is 9.77. The Morgan fingerprint density at radius 2 is 2.20 bits per heavy atom. The summed E-state index contributed by atoms with van der Waals surface area (Å²) in [6, 6.07) is 7.69. The molecule has 0 atom stereocenters. The van der Waals surface area contributed by atoms with Gasteiger partial charge in [0, 0.05) is 12.1 Å². The molecule has 0 radical (unpaired) electrons. The third kappa shape index (κ3) is 4.60. The smallest absolute Gasteiger partial charge is 0.271 e. The largest absolute Gasteiger partial charge is 0.497 e. The van der Waals surface area contributed by atoms with E-state index in [2.05, 4.69) is 15.3 Å². The van der Waals surface area contributed by atoms with Gasteiger partial charge in [-0.05, 0) is 37.2 Å². The lowest BCUT2D eigenvalue weighted by atomic mass is 9.95. The summed E-state index contributed by atoms with van der Waals surface area (Å²) in [6.45, 7) is 0. The van der Waals surface area contributed by atoms with Crippen LogP contribution in [0.25, 0.3) is 16.0 Å². The van der Waals surface area contributed by atoms with Crippen LogP contribution in [0.4, 0.5) is 0 Å². The zero-order valence-corrected chi connectivity index (χ0v) is 18.9. The molecular weight excluding hydrogens is 440 g/mol. The van der Waals surface area contributed by atoms with Gasteiger partial charge in [0.15, 0.2) is 14.8 Å². The van der Waals surface area contributed by atoms with Crippen molar-refractivity contribution >= 4 is 51.6 Å². The van der Waals surface area contributed by atoms with Crippen LogP contribution in [0.5, 0.6) is 5.75 Å². The average molecular weight is 463 g/mol. The number of carbonyl (C=O) groups excluding carboxylic acids is 1. The monoisotopic (exact) mass is 462 g/mol. The van der Waals surface area contributed by atoms with E-state index >= 15 is 0 Å². The van der Waals surface area contributed by atoms with Crippen LogP contribution in [0.2, 0.25) is 0 Å². The first-order valence-corrected chi connectivity index (χ1v) is 12.0. The fourth-order valence-electron chi connectivity index (χ4n) is 3.59. The Morgan fingerprint density at radius 3 is 2.97 bits per heavy atom. The number of methoxy groups -OCH3 is 1. The highest BCUT2D eigenvalue weighted by Gasteiger charge is 2.17. The van der Waals surface area contributed by atoms with Crippen molar-refractivity contribution < 1.29 is 9.53 Å². The molecule has 3 aromatic rings. The van der Waals surface area contributed by atoms with E-state index in [9.17, 15) is 9.59 Å². The molecule has 0 aliphatic heterocycles. The van der Waals surface area contributed by atoms with E-state index in [4.69, 9.17) is 17.0 Å². The summed E-state index contributed by atoms with van der Waals surface area (Å²) in [4.78, 5) is 32.3. The molecule has 1 saturated carbocycles. The van der Waals surface area contributed by atoms with Crippen molar-refractivity contribution in [1.82, 2.24) is 19.9 Å². The predicted octanol–water partition coefficient (Wildman–Crippen LogP) is 4.05. The second-order valence-electron chi connectivity index (χ2n) is 7.12. The van der Waals surface area contributed by atoms with Gasteiger partial charge in [-0.15, -0.1) is 0 Å². The zero-order valence-electron chi connectivity index (χ0n) is 16.5. The number of hydrogen-bond donors (Lipinski definition) is 2. The van der Waals surface area contributed by atoms with Gasteiger partial charge in [0.25, 0.3) is 5.56 Å². The van der Waals surface area contributed by atoms with Crippen LogP contribution in [0.1, 0.15) is 32.1 Å². The van der Waals surface area contributed by atoms with Gasteiger partial charge in [-0.3, -0.25) is 14.2 Å². The summed E-state index contributed by atoms with van der Waals surface area (Å²) in [5, 5.41) is 3.48. The Balaban J connectivity index is 1.58. The Kier molecular flexibility index (Phi) is 6.55. The summed E-state index contributed by atoms with van der Waals surface area (Å²) in [5.41, 5.74) is 1.000. The number of thiazole rings is 1. The van der Waals surface area contributed by atoms with Crippen molar-refractivity contribution in [3.05, 3.63) is 38.6 Å². The Morgan fingerprint density at radius 1 is 1.40 bits per heavy atom. The number of aromatic amines is 1. The molecule has 4 rings (SSSR count). The number of nitrogens with zero attached hydrogens (tertiary/aromatic N) is 2. The van der Waals surface area contributed by atoms with Crippen LogP contribution in [-0.2, 0) is 4.79 Å². The van der Waals surface area contributed by atoms with Gasteiger partial charge >= 0.3 is 0 Å². The zero-order chi connectivity index (χ0) is 21.1. The van der Waals surface area contributed by atoms with Gasteiger partial charge in [-0.1, -0.05) is 48.4 Å². The standard InChI is InChI=1S/C20H22N4O3S3/c1-27-14-9-5-8-13(10-14)24-17-16(30-20(24)28)18(26)23-19(22-17)29-11-15(25)21-12-6-3-2-4-7-12/h5,8-10,12H,2-4,6-7,11H2,1H3,(H,21,25)(H,22,23,26). The van der Waals surface area contributed by atoms with Crippen LogP contribution >= 0.6 is 35.3 Å². The van der Waals surface area contributed by atoms with E-state index in [1.54, 1.807) is 11.7 Å². The molecule has 1 fully saturated rings. The molecular formula is C20H22N4O3S3. The van der Waals surface area contributed by atoms with Crippen LogP contribution in [0.3, 0.4) is 0 Å². The van der Waals surface area contributed by atoms with Crippen molar-refractivity contribution in [1.29, 1.82) is 0 Å². The first-order chi connectivity index (χ1) is 14.5. The minimum Gasteiger partial charge on any atom is -0.497 e. The highest BCUT2D eigenvalue weighted by Crippen LogP contribution is 2.26. The Bertz CT molecular complexity index is 1180. The average Bonchev–Trinajstić information content (AvgIpc) is 3.09. The summed E-state index contributed by atoms with van der Waals surface area (Å²) >= 11 is 7.92. The molecule has 1 amide bonds. The van der Waals surface area contributed by atoms with E-state index in [-0.39, 0.29) is 23.3 Å². The van der Waals surface area contributed by atoms with E-state index in [1.165, 1.54) is 29.5 Å². The molecule has 2 aromatic heterocycles. The van der Waals surface area contributed by atoms with Crippen molar-refractivity contribution in [2.24, 2.45) is 0 Å². The minimum atomic E-state index is -0.257. The molecule has 0 bridgehead atoms. The number of aromatic nitrogens is 3. The Hall–Kier alpha value is -2.17. The molecule has 1 aromatic carbocycles. The fraction of sp³-hybridized carbons (Fsp3) is 0.400. The maximum Gasteiger partial charge on any atom is 0.271 e. The van der Waals surface area contributed by atoms with Crippen molar-refractivity contribution in [2.75, 3.05) is 12.9 Å². The van der Waals surface area contributed by atoms with Crippen molar-refractivity contribution in [2.45, 2.75) is 43.3 Å². The predicted molar refractivity (Wildman–Crippen MR) is 123 cm³/mol. The van der Waals surface area contributed by atoms with Crippen molar-refractivity contribution in [3.8, 4) is 11.4 Å².